The van der Waals surface area contributed by atoms with E-state index in [-0.39, 0.29) is 12.8 Å². The Morgan fingerprint density at radius 2 is 1.72 bits per heavy atom. The van der Waals surface area contributed by atoms with Gasteiger partial charge in [0.1, 0.15) is 0 Å². The van der Waals surface area contributed by atoms with Crippen LogP contribution in [0.15, 0.2) is 16.6 Å². The van der Waals surface area contributed by atoms with Crippen molar-refractivity contribution in [2.75, 3.05) is 0 Å². The highest BCUT2D eigenvalue weighted by atomic mass is 79.9. The summed E-state index contributed by atoms with van der Waals surface area (Å²) in [6.07, 6.45) is -5.76. The van der Waals surface area contributed by atoms with Crippen molar-refractivity contribution in [3.05, 3.63) is 33.3 Å². The van der Waals surface area contributed by atoms with Crippen LogP contribution in [0.3, 0.4) is 0 Å². The summed E-state index contributed by atoms with van der Waals surface area (Å²) >= 11 is 3.41. The van der Waals surface area contributed by atoms with Gasteiger partial charge in [0.2, 0.25) is 0 Å². The monoisotopic (exact) mass is 324 g/mol. The van der Waals surface area contributed by atoms with Gasteiger partial charge in [-0.1, -0.05) is 28.1 Å². The molecular weight excluding hydrogens is 309 g/mol. The molecule has 1 atom stereocenters. The highest BCUT2D eigenvalue weighted by Crippen LogP contribution is 2.29. The predicted octanol–water partition coefficient (Wildman–Crippen LogP) is 4.83. The highest BCUT2D eigenvalue weighted by Gasteiger charge is 2.26. The van der Waals surface area contributed by atoms with Crippen LogP contribution in [-0.4, -0.2) is 11.3 Å². The molecule has 0 saturated carbocycles. The van der Waals surface area contributed by atoms with Crippen molar-refractivity contribution in [2.24, 2.45) is 0 Å². The lowest BCUT2D eigenvalue weighted by Gasteiger charge is -2.14. The van der Waals surface area contributed by atoms with Crippen LogP contribution in [0.4, 0.5) is 13.2 Å². The van der Waals surface area contributed by atoms with Gasteiger partial charge in [0.05, 0.1) is 6.10 Å². The Bertz CT molecular complexity index is 392. The number of rotatable bonds is 4. The van der Waals surface area contributed by atoms with Crippen LogP contribution >= 0.6 is 15.9 Å². The van der Waals surface area contributed by atoms with E-state index in [2.05, 4.69) is 15.9 Å². The number of aliphatic hydroxyl groups excluding tert-OH is 1. The topological polar surface area (TPSA) is 20.2 Å². The van der Waals surface area contributed by atoms with Crippen molar-refractivity contribution in [1.82, 2.24) is 0 Å². The Kier molecular flexibility index (Phi) is 5.22. The average Bonchev–Trinajstić information content (AvgIpc) is 2.23. The second-order valence-corrected chi connectivity index (χ2v) is 5.28. The quantitative estimate of drug-likeness (QED) is 0.840. The zero-order chi connectivity index (χ0) is 13.9. The maximum absolute atomic E-state index is 12.0. The molecule has 0 heterocycles. The molecule has 18 heavy (non-hydrogen) atoms. The normalized spacial score (nSPS) is 13.7. The SMILES string of the molecule is Cc1cc(C(O)CCCC(F)(F)F)cc(C)c1Br. The number of benzene rings is 1. The Morgan fingerprint density at radius 1 is 1.22 bits per heavy atom. The molecular formula is C13H16BrF3O. The molecule has 0 amide bonds. The molecule has 5 heteroatoms. The van der Waals surface area contributed by atoms with Crippen LogP contribution in [-0.2, 0) is 0 Å². The summed E-state index contributed by atoms with van der Waals surface area (Å²) in [4.78, 5) is 0. The summed E-state index contributed by atoms with van der Waals surface area (Å²) in [6.45, 7) is 3.78. The van der Waals surface area contributed by atoms with Gasteiger partial charge in [-0.25, -0.2) is 0 Å². The third-order valence-corrected chi connectivity index (χ3v) is 4.03. The summed E-state index contributed by atoms with van der Waals surface area (Å²) in [5.41, 5.74) is 2.62. The molecule has 1 nitrogen and oxygen atoms in total. The van der Waals surface area contributed by atoms with Crippen molar-refractivity contribution in [2.45, 2.75) is 45.4 Å². The van der Waals surface area contributed by atoms with Gasteiger partial charge >= 0.3 is 6.18 Å². The minimum Gasteiger partial charge on any atom is -0.388 e. The van der Waals surface area contributed by atoms with E-state index < -0.39 is 18.7 Å². The molecule has 0 radical (unpaired) electrons. The first kappa shape index (κ1) is 15.5. The zero-order valence-electron chi connectivity index (χ0n) is 10.3. The first-order valence-corrected chi connectivity index (χ1v) is 6.51. The lowest BCUT2D eigenvalue weighted by atomic mass is 9.99. The van der Waals surface area contributed by atoms with E-state index in [9.17, 15) is 18.3 Å². The first-order valence-electron chi connectivity index (χ1n) is 5.72. The number of halogens is 4. The van der Waals surface area contributed by atoms with Gasteiger partial charge in [0.25, 0.3) is 0 Å². The Hall–Kier alpha value is -0.550. The molecule has 0 spiro atoms. The maximum Gasteiger partial charge on any atom is 0.389 e. The Morgan fingerprint density at radius 3 is 2.17 bits per heavy atom. The van der Waals surface area contributed by atoms with Crippen LogP contribution in [0.2, 0.25) is 0 Å². The fourth-order valence-corrected chi connectivity index (χ4v) is 2.06. The van der Waals surface area contributed by atoms with Gasteiger partial charge in [-0.15, -0.1) is 0 Å². The summed E-state index contributed by atoms with van der Waals surface area (Å²) in [7, 11) is 0. The minimum absolute atomic E-state index is 0.0567. The Labute approximate surface area is 113 Å². The molecule has 1 aromatic carbocycles. The van der Waals surface area contributed by atoms with E-state index in [0.29, 0.717) is 5.56 Å². The molecule has 1 unspecified atom stereocenters. The second-order valence-electron chi connectivity index (χ2n) is 4.49. The first-order chi connectivity index (χ1) is 8.20. The number of hydrogen-bond acceptors (Lipinski definition) is 1. The fraction of sp³-hybridized carbons (Fsp3) is 0.538. The van der Waals surface area contributed by atoms with Crippen molar-refractivity contribution in [3.63, 3.8) is 0 Å². The molecule has 0 bridgehead atoms. The van der Waals surface area contributed by atoms with Crippen molar-refractivity contribution in [3.8, 4) is 0 Å². The molecule has 102 valence electrons. The van der Waals surface area contributed by atoms with Crippen LogP contribution in [0.1, 0.15) is 42.1 Å². The van der Waals surface area contributed by atoms with Crippen LogP contribution < -0.4 is 0 Å². The van der Waals surface area contributed by atoms with Crippen LogP contribution in [0.25, 0.3) is 0 Å². The molecule has 1 rings (SSSR count). The van der Waals surface area contributed by atoms with Gasteiger partial charge in [-0.2, -0.15) is 13.2 Å². The fourth-order valence-electron chi connectivity index (χ4n) is 1.83. The maximum atomic E-state index is 12.0. The molecule has 1 N–H and O–H groups in total. The lowest BCUT2D eigenvalue weighted by molar-refractivity contribution is -0.136. The van der Waals surface area contributed by atoms with E-state index in [4.69, 9.17) is 0 Å². The molecule has 0 saturated heterocycles. The largest absolute Gasteiger partial charge is 0.389 e. The Balaban J connectivity index is 2.65. The van der Waals surface area contributed by atoms with E-state index in [1.54, 1.807) is 12.1 Å². The van der Waals surface area contributed by atoms with Crippen molar-refractivity contribution < 1.29 is 18.3 Å². The highest BCUT2D eigenvalue weighted by molar-refractivity contribution is 9.10. The van der Waals surface area contributed by atoms with Gasteiger partial charge in [-0.05, 0) is 43.4 Å². The van der Waals surface area contributed by atoms with Gasteiger partial charge in [0, 0.05) is 10.9 Å². The van der Waals surface area contributed by atoms with Gasteiger partial charge < -0.3 is 5.11 Å². The minimum atomic E-state index is -4.15. The number of alkyl halides is 3. The van der Waals surface area contributed by atoms with Crippen LogP contribution in [0, 0.1) is 13.8 Å². The van der Waals surface area contributed by atoms with E-state index >= 15 is 0 Å². The summed E-state index contributed by atoms with van der Waals surface area (Å²) < 4.78 is 37.0. The number of aliphatic hydroxyl groups is 1. The molecule has 0 aliphatic rings. The van der Waals surface area contributed by atoms with E-state index in [1.807, 2.05) is 13.8 Å². The average molecular weight is 325 g/mol. The van der Waals surface area contributed by atoms with E-state index in [1.165, 1.54) is 0 Å². The van der Waals surface area contributed by atoms with E-state index in [0.717, 1.165) is 15.6 Å². The van der Waals surface area contributed by atoms with Crippen LogP contribution in [0.5, 0.6) is 0 Å². The molecule has 0 fully saturated rings. The molecule has 1 aromatic rings. The molecule has 0 aliphatic carbocycles. The third kappa shape index (κ3) is 4.61. The molecule has 0 aromatic heterocycles. The zero-order valence-corrected chi connectivity index (χ0v) is 11.9. The molecule has 0 aliphatic heterocycles. The smallest absolute Gasteiger partial charge is 0.388 e. The number of aryl methyl sites for hydroxylation is 2. The number of hydrogen-bond donors (Lipinski definition) is 1. The third-order valence-electron chi connectivity index (χ3n) is 2.78. The standard InChI is InChI=1S/C13H16BrF3O/c1-8-6-10(7-9(2)12(8)14)11(18)4-3-5-13(15,16)17/h6-7,11,18H,3-5H2,1-2H3. The van der Waals surface area contributed by atoms with Crippen molar-refractivity contribution in [1.29, 1.82) is 0 Å². The van der Waals surface area contributed by atoms with Gasteiger partial charge in [0.15, 0.2) is 0 Å². The predicted molar refractivity (Wildman–Crippen MR) is 68.5 cm³/mol. The van der Waals surface area contributed by atoms with Gasteiger partial charge in [-0.3, -0.25) is 0 Å². The summed E-state index contributed by atoms with van der Waals surface area (Å²) in [5.74, 6) is 0. The van der Waals surface area contributed by atoms with Crippen molar-refractivity contribution >= 4 is 15.9 Å². The summed E-state index contributed by atoms with van der Waals surface area (Å²) in [6, 6.07) is 3.60. The summed E-state index contributed by atoms with van der Waals surface area (Å²) in [5, 5.41) is 9.87. The lowest BCUT2D eigenvalue weighted by Crippen LogP contribution is -2.08. The second kappa shape index (κ2) is 6.06.